The molecule has 0 unspecified atom stereocenters. The van der Waals surface area contributed by atoms with Crippen molar-refractivity contribution in [3.8, 4) is 0 Å². The van der Waals surface area contributed by atoms with Crippen molar-refractivity contribution in [1.82, 2.24) is 0 Å². The Hall–Kier alpha value is 3.18. The molecule has 0 fully saturated rings. The van der Waals surface area contributed by atoms with Gasteiger partial charge in [0.05, 0.1) is 28.2 Å². The van der Waals surface area contributed by atoms with Gasteiger partial charge in [0.25, 0.3) is 0 Å². The van der Waals surface area contributed by atoms with Crippen LogP contribution in [0.4, 0.5) is 0 Å². The van der Waals surface area contributed by atoms with Gasteiger partial charge in [-0.1, -0.05) is 62.0 Å². The Kier molecular flexibility index (Phi) is 9.21. The molecule has 0 aliphatic heterocycles. The van der Waals surface area contributed by atoms with Crippen LogP contribution in [0.1, 0.15) is 0 Å². The van der Waals surface area contributed by atoms with E-state index in [1.54, 1.807) is 0 Å². The molecule has 0 aliphatic rings. The van der Waals surface area contributed by atoms with Crippen molar-refractivity contribution in [2.75, 3.05) is 0 Å². The van der Waals surface area contributed by atoms with Gasteiger partial charge in [-0.2, -0.15) is 0 Å². The van der Waals surface area contributed by atoms with Gasteiger partial charge in [0.1, 0.15) is 0 Å². The number of hydrogen-bond acceptors (Lipinski definition) is 18. The second kappa shape index (κ2) is 10.8. The van der Waals surface area contributed by atoms with E-state index in [1.807, 2.05) is 174 Å². The molecule has 0 nitrogen and oxygen atoms in total. The summed E-state index contributed by atoms with van der Waals surface area (Å²) >= 11 is 0. The average Bonchev–Trinajstić information content (AvgIpc) is 2.50. The van der Waals surface area contributed by atoms with E-state index >= 15 is 0 Å². The van der Waals surface area contributed by atoms with Crippen molar-refractivity contribution in [2.24, 2.45) is 0 Å². The van der Waals surface area contributed by atoms with Crippen molar-refractivity contribution < 1.29 is 0 Å². The minimum Gasteiger partial charge on any atom is -0.0659 e. The summed E-state index contributed by atoms with van der Waals surface area (Å²) < 4.78 is 8.80. The molecular weight excluding hydrogens is 649 g/mol. The first kappa shape index (κ1) is 20.5. The topological polar surface area (TPSA) is 0 Å². The van der Waals surface area contributed by atoms with Gasteiger partial charge in [-0.25, -0.2) is 0 Å². The molecule has 0 aliphatic carbocycles. The second-order valence-electron chi connectivity index (χ2n) is 3.29. The summed E-state index contributed by atoms with van der Waals surface area (Å²) in [6.45, 7) is 0. The minimum atomic E-state index is 1.47. The number of rotatable bonds is 0. The molecule has 0 bridgehead atoms. The van der Waals surface area contributed by atoms with E-state index in [2.05, 4.69) is 0 Å². The summed E-state index contributed by atoms with van der Waals surface area (Å²) in [6.07, 6.45) is 0. The quantitative estimate of drug-likeness (QED) is 0.166. The van der Waals surface area contributed by atoms with E-state index < -0.39 is 0 Å². The van der Waals surface area contributed by atoms with Crippen LogP contribution in [0, 0.1) is 0 Å². The normalized spacial score (nSPS) is 10.5. The molecule has 3 heterocycles. The van der Waals surface area contributed by atoms with E-state index in [0.717, 1.165) is 0 Å². The summed E-state index contributed by atoms with van der Waals surface area (Å²) in [5, 5.41) is 0. The molecule has 0 saturated heterocycles. The maximum absolute atomic E-state index is 1.94. The maximum Gasteiger partial charge on any atom is 0.0777 e. The van der Waals surface area contributed by atoms with E-state index in [-0.39, 0.29) is 0 Å². The fourth-order valence-electron chi connectivity index (χ4n) is 1.43. The summed E-state index contributed by atoms with van der Waals surface area (Å²) in [5.74, 6) is 0. The highest BCUT2D eigenvalue weighted by atomic mass is 33.6. The van der Waals surface area contributed by atoms with Gasteiger partial charge in [0.2, 0.25) is 0 Å². The smallest absolute Gasteiger partial charge is 0.0659 e. The highest BCUT2D eigenvalue weighted by molar-refractivity contribution is 8.22. The molecule has 0 N–H and O–H groups in total. The molecule has 0 atom stereocenters. The zero-order valence-electron chi connectivity index (χ0n) is 10.3. The van der Waals surface area contributed by atoms with Gasteiger partial charge >= 0.3 is 0 Å². The molecule has 3 aromatic heterocycles. The van der Waals surface area contributed by atoms with Crippen molar-refractivity contribution in [3.05, 3.63) is 0 Å². The van der Waals surface area contributed by atoms with Gasteiger partial charge in [-0.15, -0.1) is 0 Å². The lowest BCUT2D eigenvalue weighted by Gasteiger charge is -2.01. The molecule has 24 heavy (non-hydrogen) atoms. The lowest BCUT2D eigenvalue weighted by molar-refractivity contribution is 2.55. The summed E-state index contributed by atoms with van der Waals surface area (Å²) in [7, 11) is 34.2. The summed E-state index contributed by atoms with van der Waals surface area (Å²) in [4.78, 5) is 0. The maximum atomic E-state index is 1.94. The molecule has 18 heteroatoms. The fraction of sp³-hybridized carbons (Fsp3) is 0. The Morgan fingerprint density at radius 1 is 0.208 bits per heavy atom. The second-order valence-corrected chi connectivity index (χ2v) is 31.0. The molecule has 1 aromatic carbocycles. The molecule has 4 aromatic rings. The van der Waals surface area contributed by atoms with Gasteiger partial charge in [0.15, 0.2) is 0 Å². The van der Waals surface area contributed by atoms with Crippen molar-refractivity contribution in [3.63, 3.8) is 0 Å². The zero-order chi connectivity index (χ0) is 16.2. The third kappa shape index (κ3) is 5.02. The van der Waals surface area contributed by atoms with E-state index in [1.165, 1.54) is 28.2 Å². The standard InChI is InChI=1S/C6S18/c7-1-2(8-14-20-19-13-7)4-6(12-18-24-23-17-11-4)5-3(1)9-15-21-22-16-10-5. The first-order valence-corrected chi connectivity index (χ1v) is 27.7. The van der Waals surface area contributed by atoms with E-state index in [4.69, 9.17) is 0 Å². The predicted molar refractivity (Wildman–Crippen MR) is 147 cm³/mol. The highest BCUT2D eigenvalue weighted by Crippen LogP contribution is 2.47. The van der Waals surface area contributed by atoms with Crippen LogP contribution >= 0.6 is 174 Å². The first-order valence-electron chi connectivity index (χ1n) is 5.22. The van der Waals surface area contributed by atoms with Crippen LogP contribution in [-0.2, 0) is 0 Å². The Balaban J connectivity index is 2.43. The summed E-state index contributed by atoms with van der Waals surface area (Å²) in [6, 6.07) is 0. The van der Waals surface area contributed by atoms with Crippen LogP contribution in [-0.4, -0.2) is 0 Å². The van der Waals surface area contributed by atoms with Crippen LogP contribution < -0.4 is 0 Å². The number of hydrogen-bond donors (Lipinski definition) is 0. The first-order chi connectivity index (χ1) is 11.9. The van der Waals surface area contributed by atoms with Gasteiger partial charge in [-0.3, -0.25) is 0 Å². The van der Waals surface area contributed by atoms with Crippen LogP contribution in [0.15, 0.2) is 0 Å². The van der Waals surface area contributed by atoms with Crippen LogP contribution in [0.2, 0.25) is 0 Å². The van der Waals surface area contributed by atoms with Crippen LogP contribution in [0.5, 0.6) is 0 Å². The molecule has 0 radical (unpaired) electrons. The van der Waals surface area contributed by atoms with Gasteiger partial charge < -0.3 is 0 Å². The van der Waals surface area contributed by atoms with Crippen LogP contribution in [0.25, 0.3) is 28.2 Å². The lowest BCUT2D eigenvalue weighted by atomic mass is 10.3. The fourth-order valence-corrected chi connectivity index (χ4v) is 38.8. The largest absolute Gasteiger partial charge is 0.0777 e. The number of fused-ring (bicyclic) bond motifs is 6. The molecule has 132 valence electrons. The zero-order valence-corrected chi connectivity index (χ0v) is 25.0. The van der Waals surface area contributed by atoms with E-state index in [9.17, 15) is 0 Å². The Labute approximate surface area is 198 Å². The van der Waals surface area contributed by atoms with Crippen LogP contribution in [0.3, 0.4) is 0 Å². The Morgan fingerprint density at radius 3 is 0.542 bits per heavy atom. The molecule has 0 saturated carbocycles. The molecule has 0 spiro atoms. The Morgan fingerprint density at radius 2 is 0.375 bits per heavy atom. The number of benzene rings is 1. The lowest BCUT2D eigenvalue weighted by Crippen LogP contribution is -1.68. The average molecular weight is 649 g/mol. The monoisotopic (exact) mass is 647 g/mol. The Bertz CT molecular complexity index is 864. The molecular formula is C6S18. The third-order valence-electron chi connectivity index (χ3n) is 2.19. The van der Waals surface area contributed by atoms with Gasteiger partial charge in [-0.05, 0) is 112 Å². The molecule has 0 amide bonds. The summed E-state index contributed by atoms with van der Waals surface area (Å²) in [5.41, 5.74) is 0. The highest BCUT2D eigenvalue weighted by Gasteiger charge is 2.11. The van der Waals surface area contributed by atoms with Gasteiger partial charge in [0, 0.05) is 0 Å². The third-order valence-corrected chi connectivity index (χ3v) is 34.7. The molecule has 4 rings (SSSR count). The van der Waals surface area contributed by atoms with Crippen molar-refractivity contribution in [2.45, 2.75) is 0 Å². The van der Waals surface area contributed by atoms with E-state index in [0.29, 0.717) is 0 Å². The predicted octanol–water partition coefficient (Wildman–Crippen LogP) is 13.0. The SMILES string of the molecule is s1sssc2c(ss1)c1ssssssc1c1ssssssc21. The minimum absolute atomic E-state index is 1.47. The van der Waals surface area contributed by atoms with Crippen molar-refractivity contribution >= 4 is 202 Å². The van der Waals surface area contributed by atoms with Crippen molar-refractivity contribution in [1.29, 1.82) is 0 Å².